The normalized spacial score (nSPS) is 12.9. The van der Waals surface area contributed by atoms with E-state index in [1.807, 2.05) is 32.9 Å². The number of aryl methyl sites for hydroxylation is 1. The molecule has 0 aliphatic rings. The Bertz CT molecular complexity index is 581. The first-order valence-corrected chi connectivity index (χ1v) is 6.52. The number of fused-ring (bicyclic) bond motifs is 1. The van der Waals surface area contributed by atoms with Gasteiger partial charge in [0.15, 0.2) is 0 Å². The molecule has 0 atom stereocenters. The van der Waals surface area contributed by atoms with Crippen molar-refractivity contribution in [2.75, 3.05) is 0 Å². The fourth-order valence-electron chi connectivity index (χ4n) is 1.77. The average Bonchev–Trinajstić information content (AvgIpc) is 2.65. The molecule has 101 valence electrons. The molecule has 19 heavy (non-hydrogen) atoms. The van der Waals surface area contributed by atoms with Crippen molar-refractivity contribution >= 4 is 23.8 Å². The Labute approximate surface area is 115 Å². The van der Waals surface area contributed by atoms with Crippen LogP contribution in [0.4, 0.5) is 0 Å². The predicted molar refractivity (Wildman–Crippen MR) is 79.9 cm³/mol. The van der Waals surface area contributed by atoms with Crippen LogP contribution in [0, 0.1) is 6.92 Å². The van der Waals surface area contributed by atoms with Gasteiger partial charge < -0.3 is 14.7 Å². The first-order chi connectivity index (χ1) is 8.71. The van der Waals surface area contributed by atoms with Gasteiger partial charge in [0.1, 0.15) is 0 Å². The van der Waals surface area contributed by atoms with Crippen molar-refractivity contribution in [3.8, 4) is 0 Å². The topological polar surface area (TPSA) is 45.2 Å². The molecular weight excluding hydrogens is 237 g/mol. The van der Waals surface area contributed by atoms with Gasteiger partial charge in [0, 0.05) is 11.2 Å². The molecule has 0 fully saturated rings. The second-order valence-corrected chi connectivity index (χ2v) is 6.07. The van der Waals surface area contributed by atoms with Crippen LogP contribution in [0.25, 0.3) is 10.9 Å². The molecule has 0 amide bonds. The van der Waals surface area contributed by atoms with Gasteiger partial charge >= 0.3 is 7.48 Å². The van der Waals surface area contributed by atoms with E-state index in [4.69, 9.17) is 4.65 Å². The molecule has 3 nitrogen and oxygen atoms in total. The molecule has 1 radical (unpaired) electrons. The van der Waals surface area contributed by atoms with Crippen LogP contribution in [-0.2, 0) is 4.65 Å². The summed E-state index contributed by atoms with van der Waals surface area (Å²) < 4.78 is 5.80. The monoisotopic (exact) mass is 258 g/mol. The molecule has 0 saturated carbocycles. The number of aliphatic hydroxyl groups is 1. The Kier molecular flexibility index (Phi) is 3.50. The third kappa shape index (κ3) is 2.85. The zero-order chi connectivity index (χ0) is 14.3. The van der Waals surface area contributed by atoms with Gasteiger partial charge in [-0.3, -0.25) is 0 Å². The summed E-state index contributed by atoms with van der Waals surface area (Å²) in [6, 6.07) is 8.17. The van der Waals surface area contributed by atoms with Gasteiger partial charge in [-0.1, -0.05) is 18.2 Å². The maximum atomic E-state index is 10.1. The smallest absolute Gasteiger partial charge is 0.333 e. The van der Waals surface area contributed by atoms with Crippen molar-refractivity contribution in [1.82, 2.24) is 4.98 Å². The van der Waals surface area contributed by atoms with Crippen molar-refractivity contribution in [2.24, 2.45) is 0 Å². The standard InChI is InChI=1S/C15H21BNO2/c1-10-9-11-7-6-8-12(13(11)17-10)16-19-15(4,5)14(2,3)18/h6-9,17-18H,1-5H3. The molecule has 2 aromatic rings. The van der Waals surface area contributed by atoms with Crippen LogP contribution in [0.3, 0.4) is 0 Å². The lowest BCUT2D eigenvalue weighted by Crippen LogP contribution is -2.49. The highest BCUT2D eigenvalue weighted by molar-refractivity contribution is 6.51. The number of para-hydroxylation sites is 1. The number of benzene rings is 1. The molecule has 0 spiro atoms. The first kappa shape index (κ1) is 14.2. The Hall–Kier alpha value is -1.26. The third-order valence-electron chi connectivity index (χ3n) is 3.78. The van der Waals surface area contributed by atoms with Gasteiger partial charge in [0.2, 0.25) is 0 Å². The van der Waals surface area contributed by atoms with E-state index in [9.17, 15) is 5.11 Å². The Morgan fingerprint density at radius 3 is 2.53 bits per heavy atom. The third-order valence-corrected chi connectivity index (χ3v) is 3.78. The average molecular weight is 258 g/mol. The highest BCUT2D eigenvalue weighted by Gasteiger charge is 2.35. The van der Waals surface area contributed by atoms with Crippen LogP contribution < -0.4 is 5.46 Å². The number of aromatic nitrogens is 1. The van der Waals surface area contributed by atoms with E-state index in [0.717, 1.165) is 22.1 Å². The van der Waals surface area contributed by atoms with Gasteiger partial charge in [-0.25, -0.2) is 0 Å². The Balaban J connectivity index is 2.23. The minimum Gasteiger partial charge on any atom is -0.427 e. The molecule has 4 heteroatoms. The summed E-state index contributed by atoms with van der Waals surface area (Å²) >= 11 is 0. The molecular formula is C15H21BNO2. The Morgan fingerprint density at radius 2 is 1.89 bits per heavy atom. The molecule has 0 bridgehead atoms. The molecule has 2 N–H and O–H groups in total. The minimum atomic E-state index is -0.914. The molecule has 1 heterocycles. The second kappa shape index (κ2) is 4.69. The summed E-state index contributed by atoms with van der Waals surface area (Å²) in [4.78, 5) is 3.33. The minimum absolute atomic E-state index is 0.656. The molecule has 1 aromatic heterocycles. The number of hydrogen-bond acceptors (Lipinski definition) is 2. The lowest BCUT2D eigenvalue weighted by Gasteiger charge is -2.37. The number of hydrogen-bond donors (Lipinski definition) is 2. The summed E-state index contributed by atoms with van der Waals surface area (Å²) in [5.74, 6) is 0. The lowest BCUT2D eigenvalue weighted by molar-refractivity contribution is -0.0893. The highest BCUT2D eigenvalue weighted by atomic mass is 16.5. The van der Waals surface area contributed by atoms with Crippen LogP contribution >= 0.6 is 0 Å². The molecule has 0 saturated heterocycles. The van der Waals surface area contributed by atoms with Gasteiger partial charge in [0.05, 0.1) is 11.2 Å². The summed E-state index contributed by atoms with van der Waals surface area (Å²) in [7, 11) is 1.72. The van der Waals surface area contributed by atoms with E-state index in [1.165, 1.54) is 0 Å². The fourth-order valence-corrected chi connectivity index (χ4v) is 1.77. The molecule has 2 rings (SSSR count). The highest BCUT2D eigenvalue weighted by Crippen LogP contribution is 2.24. The zero-order valence-electron chi connectivity index (χ0n) is 12.2. The quantitative estimate of drug-likeness (QED) is 0.826. The summed E-state index contributed by atoms with van der Waals surface area (Å²) in [6.45, 7) is 9.29. The Morgan fingerprint density at radius 1 is 1.21 bits per heavy atom. The maximum Gasteiger partial charge on any atom is 0.333 e. The number of aromatic amines is 1. The molecule has 0 aliphatic heterocycles. The number of nitrogens with one attached hydrogen (secondary N) is 1. The largest absolute Gasteiger partial charge is 0.427 e. The van der Waals surface area contributed by atoms with Crippen LogP contribution in [0.1, 0.15) is 33.4 Å². The van der Waals surface area contributed by atoms with Crippen molar-refractivity contribution in [3.05, 3.63) is 30.0 Å². The van der Waals surface area contributed by atoms with E-state index in [1.54, 1.807) is 21.3 Å². The first-order valence-electron chi connectivity index (χ1n) is 6.52. The van der Waals surface area contributed by atoms with E-state index in [2.05, 4.69) is 17.1 Å². The van der Waals surface area contributed by atoms with Crippen LogP contribution in [0.15, 0.2) is 24.3 Å². The molecule has 1 aromatic carbocycles. The predicted octanol–water partition coefficient (Wildman–Crippen LogP) is 2.29. The summed E-state index contributed by atoms with van der Waals surface area (Å²) in [6.07, 6.45) is 0. The molecule has 0 aliphatic carbocycles. The van der Waals surface area contributed by atoms with Crippen molar-refractivity contribution in [2.45, 2.75) is 45.8 Å². The zero-order valence-corrected chi connectivity index (χ0v) is 12.2. The van der Waals surface area contributed by atoms with Crippen molar-refractivity contribution < 1.29 is 9.76 Å². The van der Waals surface area contributed by atoms with Gasteiger partial charge in [-0.15, -0.1) is 0 Å². The second-order valence-electron chi connectivity index (χ2n) is 6.07. The van der Waals surface area contributed by atoms with Gasteiger partial charge in [0.25, 0.3) is 0 Å². The van der Waals surface area contributed by atoms with E-state index >= 15 is 0 Å². The van der Waals surface area contributed by atoms with Gasteiger partial charge in [-0.05, 0) is 51.5 Å². The lowest BCUT2D eigenvalue weighted by atomic mass is 9.82. The van der Waals surface area contributed by atoms with Crippen molar-refractivity contribution in [3.63, 3.8) is 0 Å². The van der Waals surface area contributed by atoms with Crippen molar-refractivity contribution in [1.29, 1.82) is 0 Å². The SMILES string of the molecule is Cc1cc2cccc([B]OC(C)(C)C(C)(C)O)c2[nH]1. The van der Waals surface area contributed by atoms with Gasteiger partial charge in [-0.2, -0.15) is 0 Å². The summed E-state index contributed by atoms with van der Waals surface area (Å²) in [5.41, 5.74) is 1.60. The van der Waals surface area contributed by atoms with E-state index in [-0.39, 0.29) is 0 Å². The van der Waals surface area contributed by atoms with E-state index < -0.39 is 11.2 Å². The molecule has 0 unspecified atom stereocenters. The maximum absolute atomic E-state index is 10.1. The van der Waals surface area contributed by atoms with Crippen LogP contribution in [0.5, 0.6) is 0 Å². The fraction of sp³-hybridized carbons (Fsp3) is 0.467. The van der Waals surface area contributed by atoms with Crippen LogP contribution in [-0.4, -0.2) is 28.8 Å². The number of rotatable bonds is 4. The number of H-pyrrole nitrogens is 1. The van der Waals surface area contributed by atoms with Crippen LogP contribution in [0.2, 0.25) is 0 Å². The van der Waals surface area contributed by atoms with E-state index in [0.29, 0.717) is 0 Å². The summed E-state index contributed by atoms with van der Waals surface area (Å²) in [5, 5.41) is 11.3.